The summed E-state index contributed by atoms with van der Waals surface area (Å²) in [6, 6.07) is 14.8. The van der Waals surface area contributed by atoms with Crippen molar-refractivity contribution in [1.29, 1.82) is 5.26 Å². The highest BCUT2D eigenvalue weighted by molar-refractivity contribution is 9.10. The van der Waals surface area contributed by atoms with Crippen molar-refractivity contribution < 1.29 is 9.90 Å². The fourth-order valence-electron chi connectivity index (χ4n) is 1.70. The third kappa shape index (κ3) is 3.16. The van der Waals surface area contributed by atoms with Gasteiger partial charge in [-0.3, -0.25) is 4.79 Å². The third-order valence-electron chi connectivity index (χ3n) is 2.75. The van der Waals surface area contributed by atoms with Gasteiger partial charge in [0.2, 0.25) is 0 Å². The van der Waals surface area contributed by atoms with E-state index in [-0.39, 0.29) is 5.75 Å². The van der Waals surface area contributed by atoms with E-state index in [4.69, 9.17) is 5.26 Å². The van der Waals surface area contributed by atoms with Crippen LogP contribution in [-0.4, -0.2) is 11.0 Å². The van der Waals surface area contributed by atoms with Crippen LogP contribution in [0.25, 0.3) is 0 Å². The predicted octanol–water partition coefficient (Wildman–Crippen LogP) is 3.15. The lowest BCUT2D eigenvalue weighted by molar-refractivity contribution is 0.0944. The summed E-state index contributed by atoms with van der Waals surface area (Å²) in [6.07, 6.45) is 0. The molecule has 20 heavy (non-hydrogen) atoms. The highest BCUT2D eigenvalue weighted by atomic mass is 79.9. The molecule has 0 aliphatic heterocycles. The van der Waals surface area contributed by atoms with Gasteiger partial charge in [-0.2, -0.15) is 5.26 Å². The molecule has 2 rings (SSSR count). The maximum Gasteiger partial charge on any atom is 0.252 e. The van der Waals surface area contributed by atoms with Crippen molar-refractivity contribution in [3.05, 3.63) is 64.1 Å². The first kappa shape index (κ1) is 14.1. The van der Waals surface area contributed by atoms with Crippen LogP contribution in [0.3, 0.4) is 0 Å². The summed E-state index contributed by atoms with van der Waals surface area (Å²) in [5.41, 5.74) is 1.01. The number of halogens is 1. The van der Waals surface area contributed by atoms with Crippen LogP contribution < -0.4 is 5.32 Å². The molecule has 4 nitrogen and oxygen atoms in total. The van der Waals surface area contributed by atoms with Crippen LogP contribution in [0.5, 0.6) is 5.75 Å². The van der Waals surface area contributed by atoms with Gasteiger partial charge in [-0.15, -0.1) is 0 Å². The number of carbonyl (C=O) groups is 1. The standard InChI is InChI=1S/C15H11BrN2O2/c16-12-7-6-11(8-14(12)19)15(20)18-13(9-17)10-4-2-1-3-5-10/h1-8,13,19H,(H,18,20). The summed E-state index contributed by atoms with van der Waals surface area (Å²) in [5.74, 6) is -0.436. The molecule has 0 heterocycles. The lowest BCUT2D eigenvalue weighted by Crippen LogP contribution is -2.27. The van der Waals surface area contributed by atoms with Gasteiger partial charge in [0.25, 0.3) is 5.91 Å². The second kappa shape index (κ2) is 6.22. The third-order valence-corrected chi connectivity index (χ3v) is 3.42. The van der Waals surface area contributed by atoms with Gasteiger partial charge in [0.15, 0.2) is 0 Å². The van der Waals surface area contributed by atoms with E-state index >= 15 is 0 Å². The molecule has 0 aliphatic carbocycles. The Morgan fingerprint density at radius 1 is 1.25 bits per heavy atom. The molecule has 0 aromatic heterocycles. The van der Waals surface area contributed by atoms with Crippen LogP contribution in [0.1, 0.15) is 22.0 Å². The van der Waals surface area contributed by atoms with Gasteiger partial charge in [0.05, 0.1) is 10.5 Å². The highest BCUT2D eigenvalue weighted by Gasteiger charge is 2.15. The largest absolute Gasteiger partial charge is 0.507 e. The first-order valence-corrected chi connectivity index (χ1v) is 6.65. The molecule has 2 aromatic carbocycles. The zero-order chi connectivity index (χ0) is 14.5. The van der Waals surface area contributed by atoms with Crippen molar-refractivity contribution in [3.63, 3.8) is 0 Å². The number of hydrogen-bond acceptors (Lipinski definition) is 3. The van der Waals surface area contributed by atoms with E-state index in [1.165, 1.54) is 6.07 Å². The second-order valence-electron chi connectivity index (χ2n) is 4.11. The molecule has 0 bridgehead atoms. The van der Waals surface area contributed by atoms with Gasteiger partial charge in [-0.25, -0.2) is 0 Å². The SMILES string of the molecule is N#CC(NC(=O)c1ccc(Br)c(O)c1)c1ccccc1. The van der Waals surface area contributed by atoms with E-state index in [2.05, 4.69) is 21.2 Å². The zero-order valence-corrected chi connectivity index (χ0v) is 12.0. The van der Waals surface area contributed by atoms with Crippen molar-refractivity contribution in [2.24, 2.45) is 0 Å². The lowest BCUT2D eigenvalue weighted by Gasteiger charge is -2.12. The molecule has 0 fully saturated rings. The monoisotopic (exact) mass is 330 g/mol. The first-order valence-electron chi connectivity index (χ1n) is 5.86. The van der Waals surface area contributed by atoms with Gasteiger partial charge in [0, 0.05) is 5.56 Å². The maximum absolute atomic E-state index is 12.1. The molecule has 0 aliphatic rings. The number of nitrogens with zero attached hydrogens (tertiary/aromatic N) is 1. The number of hydrogen-bond donors (Lipinski definition) is 2. The Hall–Kier alpha value is -2.32. The molecule has 0 saturated carbocycles. The maximum atomic E-state index is 12.1. The van der Waals surface area contributed by atoms with Crippen molar-refractivity contribution >= 4 is 21.8 Å². The summed E-state index contributed by atoms with van der Waals surface area (Å²) in [5, 5.41) is 21.3. The number of benzene rings is 2. The number of phenols is 1. The molecule has 5 heteroatoms. The Morgan fingerprint density at radius 2 is 1.95 bits per heavy atom. The number of carbonyl (C=O) groups excluding carboxylic acids is 1. The molecule has 1 unspecified atom stereocenters. The van der Waals surface area contributed by atoms with E-state index in [9.17, 15) is 9.90 Å². The average molecular weight is 331 g/mol. The van der Waals surface area contributed by atoms with E-state index in [1.54, 1.807) is 36.4 Å². The van der Waals surface area contributed by atoms with Gasteiger partial charge in [-0.05, 0) is 39.7 Å². The molecular weight excluding hydrogens is 320 g/mol. The number of nitriles is 1. The fourth-order valence-corrected chi connectivity index (χ4v) is 1.95. The van der Waals surface area contributed by atoms with Crippen LogP contribution >= 0.6 is 15.9 Å². The minimum absolute atomic E-state index is 0.0223. The summed E-state index contributed by atoms with van der Waals surface area (Å²) in [4.78, 5) is 12.1. The molecule has 1 amide bonds. The normalized spacial score (nSPS) is 11.4. The minimum Gasteiger partial charge on any atom is -0.507 e. The van der Waals surface area contributed by atoms with Gasteiger partial charge < -0.3 is 10.4 Å². The van der Waals surface area contributed by atoms with Crippen LogP contribution in [-0.2, 0) is 0 Å². The summed E-state index contributed by atoms with van der Waals surface area (Å²) < 4.78 is 0.508. The molecule has 0 radical (unpaired) electrons. The summed E-state index contributed by atoms with van der Waals surface area (Å²) in [6.45, 7) is 0. The Morgan fingerprint density at radius 3 is 2.55 bits per heavy atom. The quantitative estimate of drug-likeness (QED) is 0.907. The smallest absolute Gasteiger partial charge is 0.252 e. The van der Waals surface area contributed by atoms with Gasteiger partial charge in [-0.1, -0.05) is 30.3 Å². The Kier molecular flexibility index (Phi) is 4.38. The van der Waals surface area contributed by atoms with Gasteiger partial charge in [0.1, 0.15) is 11.8 Å². The van der Waals surface area contributed by atoms with E-state index in [0.717, 1.165) is 0 Å². The molecule has 0 spiro atoms. The lowest BCUT2D eigenvalue weighted by atomic mass is 10.1. The fraction of sp³-hybridized carbons (Fsp3) is 0.0667. The summed E-state index contributed by atoms with van der Waals surface area (Å²) >= 11 is 3.15. The van der Waals surface area contributed by atoms with Crippen molar-refractivity contribution in [3.8, 4) is 11.8 Å². The van der Waals surface area contributed by atoms with E-state index in [1.807, 2.05) is 12.1 Å². The number of rotatable bonds is 3. The number of amides is 1. The Bertz CT molecular complexity index is 665. The molecule has 2 aromatic rings. The minimum atomic E-state index is -0.727. The number of aromatic hydroxyl groups is 1. The summed E-state index contributed by atoms with van der Waals surface area (Å²) in [7, 11) is 0. The van der Waals surface area contributed by atoms with E-state index < -0.39 is 11.9 Å². The van der Waals surface area contributed by atoms with Crippen LogP contribution in [0.2, 0.25) is 0 Å². The van der Waals surface area contributed by atoms with Crippen molar-refractivity contribution in [2.45, 2.75) is 6.04 Å². The molecule has 2 N–H and O–H groups in total. The average Bonchev–Trinajstić information content (AvgIpc) is 2.48. The van der Waals surface area contributed by atoms with Crippen molar-refractivity contribution in [1.82, 2.24) is 5.32 Å². The molecule has 100 valence electrons. The highest BCUT2D eigenvalue weighted by Crippen LogP contribution is 2.24. The molecule has 0 saturated heterocycles. The van der Waals surface area contributed by atoms with Gasteiger partial charge >= 0.3 is 0 Å². The Labute approximate surface area is 124 Å². The first-order chi connectivity index (χ1) is 9.61. The predicted molar refractivity (Wildman–Crippen MR) is 78.1 cm³/mol. The molecule has 1 atom stereocenters. The van der Waals surface area contributed by atoms with E-state index in [0.29, 0.717) is 15.6 Å². The van der Waals surface area contributed by atoms with Crippen molar-refractivity contribution in [2.75, 3.05) is 0 Å². The Balaban J connectivity index is 2.18. The molecular formula is C15H11BrN2O2. The second-order valence-corrected chi connectivity index (χ2v) is 4.97. The van der Waals surface area contributed by atoms with Crippen LogP contribution in [0.15, 0.2) is 53.0 Å². The van der Waals surface area contributed by atoms with Crippen LogP contribution in [0.4, 0.5) is 0 Å². The number of nitrogens with one attached hydrogen (secondary N) is 1. The van der Waals surface area contributed by atoms with Crippen LogP contribution in [0, 0.1) is 11.3 Å². The number of phenolic OH excluding ortho intramolecular Hbond substituents is 1. The topological polar surface area (TPSA) is 73.1 Å². The zero-order valence-electron chi connectivity index (χ0n) is 10.4.